The summed E-state index contributed by atoms with van der Waals surface area (Å²) in [6, 6.07) is -0.522. The van der Waals surface area contributed by atoms with Gasteiger partial charge in [0.1, 0.15) is 6.23 Å². The summed E-state index contributed by atoms with van der Waals surface area (Å²) >= 11 is 0. The summed E-state index contributed by atoms with van der Waals surface area (Å²) in [5.74, 6) is 0.211. The molecule has 2 aliphatic heterocycles. The van der Waals surface area contributed by atoms with Crippen molar-refractivity contribution in [1.29, 1.82) is 0 Å². The zero-order valence-electron chi connectivity index (χ0n) is 11.9. The maximum Gasteiger partial charge on any atom is 0.327 e. The molecule has 7 heteroatoms. The predicted molar refractivity (Wildman–Crippen MR) is 74.3 cm³/mol. The van der Waals surface area contributed by atoms with E-state index in [2.05, 4.69) is 21.9 Å². The minimum Gasteiger partial charge on any atom is -0.354 e. The van der Waals surface area contributed by atoms with Gasteiger partial charge in [-0.05, 0) is 23.9 Å². The van der Waals surface area contributed by atoms with E-state index in [4.69, 9.17) is 10.3 Å². The Balaban J connectivity index is 2.20. The first-order valence-corrected chi connectivity index (χ1v) is 6.60. The van der Waals surface area contributed by atoms with Crippen molar-refractivity contribution in [3.8, 4) is 0 Å². The molecule has 20 heavy (non-hydrogen) atoms. The monoisotopic (exact) mass is 277 g/mol. The SMILES string of the molecule is C=C1NC(=O)N(C2CC(N=[N+]=[N-])C(C(C)C)O2)C=C1C. The fourth-order valence-corrected chi connectivity index (χ4v) is 2.48. The average Bonchev–Trinajstić information content (AvgIpc) is 2.78. The first-order valence-electron chi connectivity index (χ1n) is 6.60. The molecule has 0 spiro atoms. The van der Waals surface area contributed by atoms with E-state index in [0.717, 1.165) is 5.57 Å². The lowest BCUT2D eigenvalue weighted by atomic mass is 10.00. The lowest BCUT2D eigenvalue weighted by Gasteiger charge is -2.31. The molecule has 2 aliphatic rings. The Labute approximate surface area is 117 Å². The number of amides is 2. The van der Waals surface area contributed by atoms with Crippen LogP contribution in [0.5, 0.6) is 0 Å². The summed E-state index contributed by atoms with van der Waals surface area (Å²) in [5.41, 5.74) is 10.1. The van der Waals surface area contributed by atoms with Crippen molar-refractivity contribution in [3.63, 3.8) is 0 Å². The van der Waals surface area contributed by atoms with Crippen molar-refractivity contribution in [3.05, 3.63) is 34.5 Å². The number of rotatable bonds is 3. The van der Waals surface area contributed by atoms with Crippen molar-refractivity contribution < 1.29 is 9.53 Å². The van der Waals surface area contributed by atoms with Gasteiger partial charge in [0.15, 0.2) is 0 Å². The highest BCUT2D eigenvalue weighted by Crippen LogP contribution is 2.32. The van der Waals surface area contributed by atoms with Gasteiger partial charge in [-0.15, -0.1) is 0 Å². The molecule has 0 aromatic rings. The molecule has 0 aromatic carbocycles. The van der Waals surface area contributed by atoms with E-state index < -0.39 is 6.23 Å². The van der Waals surface area contributed by atoms with Crippen molar-refractivity contribution in [1.82, 2.24) is 10.2 Å². The molecule has 1 saturated heterocycles. The van der Waals surface area contributed by atoms with Gasteiger partial charge in [0.05, 0.1) is 12.1 Å². The highest BCUT2D eigenvalue weighted by Gasteiger charge is 2.41. The fraction of sp³-hybridized carbons (Fsp3) is 0.615. The molecule has 0 aliphatic carbocycles. The van der Waals surface area contributed by atoms with E-state index in [-0.39, 0.29) is 24.1 Å². The van der Waals surface area contributed by atoms with E-state index in [1.54, 1.807) is 6.20 Å². The summed E-state index contributed by atoms with van der Waals surface area (Å²) in [6.45, 7) is 9.64. The second-order valence-electron chi connectivity index (χ2n) is 5.44. The summed E-state index contributed by atoms with van der Waals surface area (Å²) in [4.78, 5) is 16.4. The van der Waals surface area contributed by atoms with Gasteiger partial charge in [0, 0.05) is 23.2 Å². The maximum absolute atomic E-state index is 12.0. The summed E-state index contributed by atoms with van der Waals surface area (Å²) in [7, 11) is 0. The highest BCUT2D eigenvalue weighted by atomic mass is 16.5. The van der Waals surface area contributed by atoms with Gasteiger partial charge in [-0.1, -0.05) is 25.5 Å². The molecule has 3 atom stereocenters. The second kappa shape index (κ2) is 5.56. The zero-order valence-corrected chi connectivity index (χ0v) is 11.9. The number of nitrogens with zero attached hydrogens (tertiary/aromatic N) is 4. The molecule has 7 nitrogen and oxygen atoms in total. The Kier molecular flexibility index (Phi) is 4.01. The summed E-state index contributed by atoms with van der Waals surface area (Å²) < 4.78 is 5.91. The Morgan fingerprint density at radius 1 is 1.65 bits per heavy atom. The molecule has 108 valence electrons. The summed E-state index contributed by atoms with van der Waals surface area (Å²) in [6.07, 6.45) is 1.63. The van der Waals surface area contributed by atoms with E-state index in [1.807, 2.05) is 20.8 Å². The zero-order chi connectivity index (χ0) is 14.9. The molecular weight excluding hydrogens is 258 g/mol. The number of azide groups is 1. The van der Waals surface area contributed by atoms with Crippen LogP contribution >= 0.6 is 0 Å². The smallest absolute Gasteiger partial charge is 0.327 e. The third-order valence-corrected chi connectivity index (χ3v) is 3.60. The number of carbonyl (C=O) groups excluding carboxylic acids is 1. The number of ether oxygens (including phenoxy) is 1. The topological polar surface area (TPSA) is 90.3 Å². The first-order chi connectivity index (χ1) is 9.43. The van der Waals surface area contributed by atoms with Crippen LogP contribution in [0, 0.1) is 5.92 Å². The van der Waals surface area contributed by atoms with E-state index in [9.17, 15) is 4.79 Å². The molecule has 2 rings (SSSR count). The van der Waals surface area contributed by atoms with Gasteiger partial charge in [-0.3, -0.25) is 4.90 Å². The average molecular weight is 277 g/mol. The van der Waals surface area contributed by atoms with Crippen molar-refractivity contribution in [2.75, 3.05) is 0 Å². The normalized spacial score (nSPS) is 30.1. The standard InChI is InChI=1S/C13H19N5O2/c1-7(2)12-10(16-17-14)5-11(20-12)18-6-8(3)9(4)15-13(18)19/h6-7,10-12H,4-5H2,1-3H3,(H,15,19). The molecule has 2 amide bonds. The van der Waals surface area contributed by atoms with Crippen LogP contribution in [0.15, 0.2) is 29.2 Å². The van der Waals surface area contributed by atoms with Gasteiger partial charge in [-0.2, -0.15) is 0 Å². The Morgan fingerprint density at radius 3 is 2.95 bits per heavy atom. The molecule has 0 bridgehead atoms. The third-order valence-electron chi connectivity index (χ3n) is 3.60. The fourth-order valence-electron chi connectivity index (χ4n) is 2.48. The van der Waals surface area contributed by atoms with Crippen LogP contribution in [0.1, 0.15) is 27.2 Å². The number of hydrogen-bond acceptors (Lipinski definition) is 3. The second-order valence-corrected chi connectivity index (χ2v) is 5.44. The van der Waals surface area contributed by atoms with Gasteiger partial charge < -0.3 is 10.1 Å². The number of carbonyl (C=O) groups is 1. The van der Waals surface area contributed by atoms with E-state index in [1.165, 1.54) is 4.90 Å². The lowest BCUT2D eigenvalue weighted by molar-refractivity contribution is -0.0359. The number of hydrogen-bond donors (Lipinski definition) is 1. The predicted octanol–water partition coefficient (Wildman–Crippen LogP) is 2.88. The van der Waals surface area contributed by atoms with E-state index in [0.29, 0.717) is 12.1 Å². The molecule has 0 aromatic heterocycles. The molecular formula is C13H19N5O2. The van der Waals surface area contributed by atoms with Crippen molar-refractivity contribution in [2.45, 2.75) is 45.6 Å². The Hall–Kier alpha value is -1.98. The first kappa shape index (κ1) is 14.4. The van der Waals surface area contributed by atoms with Crippen LogP contribution in [0.2, 0.25) is 0 Å². The van der Waals surface area contributed by atoms with Gasteiger partial charge >= 0.3 is 6.03 Å². The van der Waals surface area contributed by atoms with Crippen LogP contribution < -0.4 is 5.32 Å². The third kappa shape index (κ3) is 2.64. The molecule has 0 radical (unpaired) electrons. The highest BCUT2D eigenvalue weighted by molar-refractivity contribution is 5.80. The number of allylic oxidation sites excluding steroid dienone is 1. The molecule has 1 fully saturated rings. The number of nitrogens with one attached hydrogen (secondary N) is 1. The summed E-state index contributed by atoms with van der Waals surface area (Å²) in [5, 5.41) is 6.48. The van der Waals surface area contributed by atoms with Crippen molar-refractivity contribution >= 4 is 6.03 Å². The quantitative estimate of drug-likeness (QED) is 0.488. The lowest BCUT2D eigenvalue weighted by Crippen LogP contribution is -2.45. The molecule has 1 N–H and O–H groups in total. The van der Waals surface area contributed by atoms with Crippen molar-refractivity contribution in [2.24, 2.45) is 11.0 Å². The van der Waals surface area contributed by atoms with Crippen LogP contribution in [-0.2, 0) is 4.74 Å². The van der Waals surface area contributed by atoms with Gasteiger partial charge in [0.2, 0.25) is 0 Å². The van der Waals surface area contributed by atoms with Crippen LogP contribution in [0.4, 0.5) is 4.79 Å². The van der Waals surface area contributed by atoms with Crippen LogP contribution in [-0.4, -0.2) is 29.3 Å². The minimum atomic E-state index is -0.416. The number of urea groups is 1. The van der Waals surface area contributed by atoms with Gasteiger partial charge in [0.25, 0.3) is 0 Å². The van der Waals surface area contributed by atoms with Crippen LogP contribution in [0.25, 0.3) is 10.4 Å². The maximum atomic E-state index is 12.0. The molecule has 3 unspecified atom stereocenters. The Bertz CT molecular complexity index is 507. The largest absolute Gasteiger partial charge is 0.354 e. The molecule has 2 heterocycles. The minimum absolute atomic E-state index is 0.178. The van der Waals surface area contributed by atoms with E-state index >= 15 is 0 Å². The molecule has 0 saturated carbocycles. The van der Waals surface area contributed by atoms with Gasteiger partial charge in [-0.25, -0.2) is 4.79 Å². The Morgan fingerprint density at radius 2 is 2.35 bits per heavy atom. The van der Waals surface area contributed by atoms with Crippen LogP contribution in [0.3, 0.4) is 0 Å².